The smallest absolute Gasteiger partial charge is 0.227 e. The molecule has 2 aliphatic rings. The van der Waals surface area contributed by atoms with E-state index >= 15 is 0 Å². The zero-order valence-electron chi connectivity index (χ0n) is 9.82. The van der Waals surface area contributed by atoms with Gasteiger partial charge in [0.2, 0.25) is 5.91 Å². The maximum Gasteiger partial charge on any atom is 0.227 e. The predicted octanol–water partition coefficient (Wildman–Crippen LogP) is 2.80. The van der Waals surface area contributed by atoms with Gasteiger partial charge in [-0.25, -0.2) is 0 Å². The number of carbonyl (C=O) groups excluding carboxylic acids is 1. The van der Waals surface area contributed by atoms with Crippen LogP contribution in [0.5, 0.6) is 0 Å². The van der Waals surface area contributed by atoms with Gasteiger partial charge in [0, 0.05) is 17.9 Å². The number of carbonyl (C=O) groups is 1. The second kappa shape index (κ2) is 3.91. The highest BCUT2D eigenvalue weighted by molar-refractivity contribution is 5.96. The van der Waals surface area contributed by atoms with Gasteiger partial charge in [-0.1, -0.05) is 19.1 Å². The van der Waals surface area contributed by atoms with Crippen LogP contribution in [0.2, 0.25) is 0 Å². The molecule has 0 fully saturated rings. The van der Waals surface area contributed by atoms with Crippen LogP contribution >= 0.6 is 0 Å². The lowest BCUT2D eigenvalue weighted by Crippen LogP contribution is -2.23. The van der Waals surface area contributed by atoms with E-state index in [0.717, 1.165) is 36.5 Å². The van der Waals surface area contributed by atoms with Crippen molar-refractivity contribution in [2.45, 2.75) is 19.8 Å². The maximum absolute atomic E-state index is 11.9. The number of fused-ring (bicyclic) bond motifs is 2. The summed E-state index contributed by atoms with van der Waals surface area (Å²) in [6.45, 7) is 2.70. The second-order valence-electron chi connectivity index (χ2n) is 4.67. The Balaban J connectivity index is 2.15. The summed E-state index contributed by atoms with van der Waals surface area (Å²) in [4.78, 5) is 11.9. The van der Waals surface area contributed by atoms with Crippen molar-refractivity contribution >= 4 is 17.4 Å². The van der Waals surface area contributed by atoms with E-state index < -0.39 is 0 Å². The molecule has 0 saturated carbocycles. The zero-order valence-corrected chi connectivity index (χ0v) is 9.82. The van der Waals surface area contributed by atoms with Crippen LogP contribution in [0.1, 0.15) is 25.3 Å². The molecule has 3 heteroatoms. The average Bonchev–Trinajstić information content (AvgIpc) is 2.76. The normalized spacial score (nSPS) is 23.1. The first-order valence-electron chi connectivity index (χ1n) is 6.01. The molecule has 2 aliphatic heterocycles. The van der Waals surface area contributed by atoms with Crippen molar-refractivity contribution in [2.75, 3.05) is 11.9 Å². The van der Waals surface area contributed by atoms with E-state index in [9.17, 15) is 4.79 Å². The molecule has 3 nitrogen and oxygen atoms in total. The Kier molecular flexibility index (Phi) is 2.39. The number of rotatable bonds is 0. The van der Waals surface area contributed by atoms with E-state index in [2.05, 4.69) is 5.32 Å². The average molecular weight is 229 g/mol. The Morgan fingerprint density at radius 1 is 1.35 bits per heavy atom. The Labute approximate surface area is 100 Å². The van der Waals surface area contributed by atoms with E-state index in [1.165, 1.54) is 5.57 Å². The van der Waals surface area contributed by atoms with E-state index in [1.54, 1.807) is 0 Å². The molecule has 0 radical (unpaired) electrons. The fourth-order valence-corrected chi connectivity index (χ4v) is 2.46. The first kappa shape index (κ1) is 10.4. The molecule has 0 aliphatic carbocycles. The number of ether oxygens (including phenoxy) is 1. The summed E-state index contributed by atoms with van der Waals surface area (Å²) in [5, 5.41) is 2.97. The molecule has 1 unspecified atom stereocenters. The lowest BCUT2D eigenvalue weighted by Gasteiger charge is -2.19. The quantitative estimate of drug-likeness (QED) is 0.743. The molecule has 17 heavy (non-hydrogen) atoms. The topological polar surface area (TPSA) is 38.3 Å². The summed E-state index contributed by atoms with van der Waals surface area (Å²) in [6.07, 6.45) is 1.75. The third-order valence-corrected chi connectivity index (χ3v) is 3.40. The van der Waals surface area contributed by atoms with Gasteiger partial charge in [-0.05, 0) is 24.1 Å². The Morgan fingerprint density at radius 3 is 3.06 bits per heavy atom. The van der Waals surface area contributed by atoms with Gasteiger partial charge in [0.1, 0.15) is 5.76 Å². The third kappa shape index (κ3) is 1.71. The molecule has 0 bridgehead atoms. The number of hydrogen-bond donors (Lipinski definition) is 1. The van der Waals surface area contributed by atoms with Gasteiger partial charge in [0.15, 0.2) is 0 Å². The van der Waals surface area contributed by atoms with Crippen molar-refractivity contribution in [2.24, 2.45) is 5.92 Å². The van der Waals surface area contributed by atoms with Crippen LogP contribution in [0.4, 0.5) is 5.69 Å². The van der Waals surface area contributed by atoms with Crippen LogP contribution in [0.25, 0.3) is 5.76 Å². The number of benzene rings is 1. The lowest BCUT2D eigenvalue weighted by molar-refractivity contribution is -0.119. The molecule has 1 aromatic rings. The number of hydrogen-bond acceptors (Lipinski definition) is 2. The van der Waals surface area contributed by atoms with Crippen molar-refractivity contribution in [3.8, 4) is 0 Å². The molecule has 1 N–H and O–H groups in total. The van der Waals surface area contributed by atoms with Crippen molar-refractivity contribution in [3.63, 3.8) is 0 Å². The third-order valence-electron chi connectivity index (χ3n) is 3.40. The minimum absolute atomic E-state index is 0.00931. The summed E-state index contributed by atoms with van der Waals surface area (Å²) in [5.41, 5.74) is 3.15. The summed E-state index contributed by atoms with van der Waals surface area (Å²) in [5.74, 6) is 1.08. The monoisotopic (exact) mass is 229 g/mol. The maximum atomic E-state index is 11.9. The number of amides is 1. The molecule has 0 aromatic heterocycles. The molecule has 3 rings (SSSR count). The SMILES string of the molecule is CC1CC2=C(OCC2)c2ccccc2NC1=O. The minimum atomic E-state index is 0.00931. The second-order valence-corrected chi connectivity index (χ2v) is 4.67. The van der Waals surface area contributed by atoms with Crippen molar-refractivity contribution in [1.29, 1.82) is 0 Å². The fourth-order valence-electron chi connectivity index (χ4n) is 2.46. The summed E-state index contributed by atoms with van der Waals surface area (Å²) < 4.78 is 5.73. The van der Waals surface area contributed by atoms with Crippen molar-refractivity contribution in [3.05, 3.63) is 35.4 Å². The highest BCUT2D eigenvalue weighted by Crippen LogP contribution is 2.37. The molecule has 1 aromatic carbocycles. The van der Waals surface area contributed by atoms with Crippen molar-refractivity contribution < 1.29 is 9.53 Å². The Morgan fingerprint density at radius 2 is 2.18 bits per heavy atom. The fraction of sp³-hybridized carbons (Fsp3) is 0.357. The van der Waals surface area contributed by atoms with Crippen molar-refractivity contribution in [1.82, 2.24) is 0 Å². The van der Waals surface area contributed by atoms with Crippen LogP contribution in [-0.4, -0.2) is 12.5 Å². The van der Waals surface area contributed by atoms with E-state index in [-0.39, 0.29) is 11.8 Å². The Hall–Kier alpha value is -1.77. The highest BCUT2D eigenvalue weighted by Gasteiger charge is 2.27. The Bertz CT molecular complexity index is 505. The van der Waals surface area contributed by atoms with Gasteiger partial charge in [0.25, 0.3) is 0 Å². The summed E-state index contributed by atoms with van der Waals surface area (Å²) >= 11 is 0. The van der Waals surface area contributed by atoms with Crippen LogP contribution < -0.4 is 5.32 Å². The molecule has 0 saturated heterocycles. The van der Waals surface area contributed by atoms with E-state index in [4.69, 9.17) is 4.74 Å². The van der Waals surface area contributed by atoms with Gasteiger partial charge < -0.3 is 10.1 Å². The predicted molar refractivity (Wildman–Crippen MR) is 66.3 cm³/mol. The van der Waals surface area contributed by atoms with Gasteiger partial charge in [-0.3, -0.25) is 4.79 Å². The van der Waals surface area contributed by atoms with Crippen LogP contribution in [-0.2, 0) is 9.53 Å². The number of para-hydroxylation sites is 1. The summed E-state index contributed by atoms with van der Waals surface area (Å²) in [6, 6.07) is 7.84. The largest absolute Gasteiger partial charge is 0.493 e. The van der Waals surface area contributed by atoms with Gasteiger partial charge >= 0.3 is 0 Å². The van der Waals surface area contributed by atoms with E-state index in [1.807, 2.05) is 31.2 Å². The van der Waals surface area contributed by atoms with Crippen LogP contribution in [0, 0.1) is 5.92 Å². The molecule has 2 heterocycles. The lowest BCUT2D eigenvalue weighted by atomic mass is 9.94. The first-order chi connectivity index (χ1) is 8.25. The number of nitrogens with one attached hydrogen (secondary N) is 1. The molecule has 1 amide bonds. The molecule has 0 spiro atoms. The van der Waals surface area contributed by atoms with Gasteiger partial charge in [-0.2, -0.15) is 0 Å². The van der Waals surface area contributed by atoms with Crippen LogP contribution in [0.3, 0.4) is 0 Å². The van der Waals surface area contributed by atoms with E-state index in [0.29, 0.717) is 0 Å². The van der Waals surface area contributed by atoms with Gasteiger partial charge in [-0.15, -0.1) is 0 Å². The molecular formula is C14H15NO2. The standard InChI is InChI=1S/C14H15NO2/c1-9-8-10-6-7-17-13(10)11-4-2-3-5-12(11)15-14(9)16/h2-5,9H,6-8H2,1H3,(H,15,16). The summed E-state index contributed by atoms with van der Waals surface area (Å²) in [7, 11) is 0. The highest BCUT2D eigenvalue weighted by atomic mass is 16.5. The zero-order chi connectivity index (χ0) is 11.8. The molecule has 1 atom stereocenters. The van der Waals surface area contributed by atoms with Gasteiger partial charge in [0.05, 0.1) is 12.3 Å². The molecule has 88 valence electrons. The number of anilines is 1. The molecular weight excluding hydrogens is 214 g/mol. The van der Waals surface area contributed by atoms with Crippen LogP contribution in [0.15, 0.2) is 29.8 Å². The minimum Gasteiger partial charge on any atom is -0.493 e. The first-order valence-corrected chi connectivity index (χ1v) is 6.01.